The number of nitrogens with zero attached hydrogens (tertiary/aromatic N) is 3. The highest BCUT2D eigenvalue weighted by Gasteiger charge is 2.44. The Bertz CT molecular complexity index is 837. The van der Waals surface area contributed by atoms with Crippen LogP contribution in [0, 0.1) is 11.5 Å². The van der Waals surface area contributed by atoms with Crippen LogP contribution >= 0.6 is 0 Å². The van der Waals surface area contributed by atoms with Gasteiger partial charge in [0, 0.05) is 22.4 Å². The van der Waals surface area contributed by atoms with Crippen LogP contribution in [0.3, 0.4) is 0 Å². The number of H-pyrrole nitrogens is 1. The van der Waals surface area contributed by atoms with E-state index in [2.05, 4.69) is 21.1 Å². The Balaban J connectivity index is 1.69. The lowest BCUT2D eigenvalue weighted by molar-refractivity contribution is 0.412. The van der Waals surface area contributed by atoms with Gasteiger partial charge in [0.15, 0.2) is 6.19 Å². The highest BCUT2D eigenvalue weighted by atomic mass is 32.2. The summed E-state index contributed by atoms with van der Waals surface area (Å²) in [5.74, 6) is 0. The molecule has 2 aliphatic rings. The maximum atomic E-state index is 11.0. The van der Waals surface area contributed by atoms with E-state index >= 15 is 0 Å². The number of fused-ring (bicyclic) bond motifs is 1. The molecule has 23 heavy (non-hydrogen) atoms. The van der Waals surface area contributed by atoms with E-state index in [4.69, 9.17) is 5.26 Å². The zero-order valence-electron chi connectivity index (χ0n) is 12.2. The molecule has 1 fully saturated rings. The molecule has 8 heteroatoms. The number of nitriles is 1. The summed E-state index contributed by atoms with van der Waals surface area (Å²) in [5, 5.41) is 16.4. The number of rotatable bonds is 4. The summed E-state index contributed by atoms with van der Waals surface area (Å²) in [6.45, 7) is 1.11. The van der Waals surface area contributed by atoms with Crippen LogP contribution in [0.5, 0.6) is 0 Å². The smallest absolute Gasteiger partial charge is 0.180 e. The van der Waals surface area contributed by atoms with Crippen LogP contribution in [-0.4, -0.2) is 23.9 Å². The molecular formula is C15H14N5O2S-. The predicted octanol–water partition coefficient (Wildman–Crippen LogP) is 1.25. The van der Waals surface area contributed by atoms with Gasteiger partial charge in [-0.15, -0.1) is 0 Å². The van der Waals surface area contributed by atoms with Crippen molar-refractivity contribution < 1.29 is 8.76 Å². The Hall–Kier alpha value is -2.21. The van der Waals surface area contributed by atoms with Gasteiger partial charge < -0.3 is 9.45 Å². The zero-order valence-corrected chi connectivity index (χ0v) is 13.0. The SMILES string of the molecule is N#CN1Cc2[nH]nc(-c3cccc(C4(NS(=O)[O-])CC4)c3)c2C1. The number of hydrogen-bond donors (Lipinski definition) is 2. The molecule has 1 aromatic carbocycles. The molecule has 0 saturated heterocycles. The van der Waals surface area contributed by atoms with Crippen LogP contribution in [-0.2, 0) is 29.9 Å². The number of aromatic amines is 1. The summed E-state index contributed by atoms with van der Waals surface area (Å²) in [5.41, 5.74) is 4.25. The van der Waals surface area contributed by atoms with Crippen LogP contribution in [0.4, 0.5) is 0 Å². The summed E-state index contributed by atoms with van der Waals surface area (Å²) >= 11 is -2.29. The summed E-state index contributed by atoms with van der Waals surface area (Å²) < 4.78 is 24.6. The van der Waals surface area contributed by atoms with E-state index in [1.807, 2.05) is 24.3 Å². The second-order valence-corrected chi connectivity index (χ2v) is 6.66. The standard InChI is InChI=1S/C15H15N5O2S/c16-9-20-7-12-13(8-20)17-18-14(12)10-2-1-3-11(6-10)15(4-5-15)19-23(21)22/h1-3,6,19H,4-5,7-8H2,(H,17,18)(H,21,22)/p-1. The minimum atomic E-state index is -2.29. The van der Waals surface area contributed by atoms with Crippen LogP contribution in [0.15, 0.2) is 24.3 Å². The van der Waals surface area contributed by atoms with Crippen molar-refractivity contribution in [1.82, 2.24) is 19.8 Å². The van der Waals surface area contributed by atoms with Crippen molar-refractivity contribution in [3.05, 3.63) is 41.1 Å². The normalized spacial score (nSPS) is 19.2. The van der Waals surface area contributed by atoms with E-state index in [1.165, 1.54) is 0 Å². The Morgan fingerprint density at radius 1 is 1.43 bits per heavy atom. The second kappa shape index (κ2) is 5.16. The first-order valence-electron chi connectivity index (χ1n) is 7.30. The molecule has 7 nitrogen and oxygen atoms in total. The molecule has 1 aliphatic heterocycles. The highest BCUT2D eigenvalue weighted by Crippen LogP contribution is 2.46. The fraction of sp³-hybridized carbons (Fsp3) is 0.333. The largest absolute Gasteiger partial charge is 0.760 e. The van der Waals surface area contributed by atoms with Gasteiger partial charge in [-0.05, 0) is 24.5 Å². The lowest BCUT2D eigenvalue weighted by Crippen LogP contribution is -2.30. The van der Waals surface area contributed by atoms with Crippen LogP contribution in [0.25, 0.3) is 11.3 Å². The van der Waals surface area contributed by atoms with Gasteiger partial charge >= 0.3 is 0 Å². The van der Waals surface area contributed by atoms with E-state index < -0.39 is 16.8 Å². The Morgan fingerprint density at radius 3 is 2.96 bits per heavy atom. The lowest BCUT2D eigenvalue weighted by atomic mass is 9.99. The molecular weight excluding hydrogens is 314 g/mol. The average Bonchev–Trinajstić information content (AvgIpc) is 3.03. The molecule has 2 N–H and O–H groups in total. The van der Waals surface area contributed by atoms with E-state index in [0.717, 1.165) is 40.9 Å². The third kappa shape index (κ3) is 2.43. The van der Waals surface area contributed by atoms with Gasteiger partial charge in [0.05, 0.1) is 30.0 Å². The molecule has 0 amide bonds. The minimum Gasteiger partial charge on any atom is -0.760 e. The number of nitrogens with one attached hydrogen (secondary N) is 2. The van der Waals surface area contributed by atoms with E-state index in [-0.39, 0.29) is 0 Å². The highest BCUT2D eigenvalue weighted by molar-refractivity contribution is 7.77. The fourth-order valence-electron chi connectivity index (χ4n) is 3.15. The summed E-state index contributed by atoms with van der Waals surface area (Å²) in [6, 6.07) is 7.79. The molecule has 1 aliphatic carbocycles. The number of hydrogen-bond acceptors (Lipinski definition) is 5. The summed E-state index contributed by atoms with van der Waals surface area (Å²) in [6.07, 6.45) is 3.74. The van der Waals surface area contributed by atoms with Gasteiger partial charge in [-0.3, -0.25) is 9.31 Å². The van der Waals surface area contributed by atoms with Crippen molar-refractivity contribution in [3.8, 4) is 17.5 Å². The van der Waals surface area contributed by atoms with Gasteiger partial charge in [0.25, 0.3) is 0 Å². The first-order valence-corrected chi connectivity index (χ1v) is 8.37. The minimum absolute atomic E-state index is 0.471. The van der Waals surface area contributed by atoms with Crippen molar-refractivity contribution >= 4 is 11.3 Å². The molecule has 0 spiro atoms. The average molecular weight is 328 g/mol. The molecule has 1 aromatic heterocycles. The van der Waals surface area contributed by atoms with Gasteiger partial charge in [-0.25, -0.2) is 4.72 Å². The monoisotopic (exact) mass is 328 g/mol. The van der Waals surface area contributed by atoms with Gasteiger partial charge in [0.1, 0.15) is 0 Å². The molecule has 0 bridgehead atoms. The van der Waals surface area contributed by atoms with Crippen LogP contribution in [0.1, 0.15) is 29.7 Å². The van der Waals surface area contributed by atoms with Crippen LogP contribution in [0.2, 0.25) is 0 Å². The molecule has 1 saturated carbocycles. The second-order valence-electron chi connectivity index (χ2n) is 5.99. The van der Waals surface area contributed by atoms with Gasteiger partial charge in [0.2, 0.25) is 0 Å². The molecule has 0 radical (unpaired) electrons. The molecule has 118 valence electrons. The summed E-state index contributed by atoms with van der Waals surface area (Å²) in [4.78, 5) is 1.67. The van der Waals surface area contributed by atoms with Gasteiger partial charge in [-0.1, -0.05) is 18.2 Å². The molecule has 2 aromatic rings. The molecule has 4 rings (SSSR count). The Morgan fingerprint density at radius 2 is 2.26 bits per heavy atom. The number of benzene rings is 1. The number of aromatic nitrogens is 2. The maximum absolute atomic E-state index is 11.0. The third-order valence-corrected chi connectivity index (χ3v) is 5.07. The predicted molar refractivity (Wildman–Crippen MR) is 81.9 cm³/mol. The molecule has 1 unspecified atom stereocenters. The maximum Gasteiger partial charge on any atom is 0.180 e. The van der Waals surface area contributed by atoms with E-state index in [0.29, 0.717) is 13.1 Å². The van der Waals surface area contributed by atoms with E-state index in [9.17, 15) is 8.76 Å². The van der Waals surface area contributed by atoms with Crippen molar-refractivity contribution in [2.75, 3.05) is 0 Å². The van der Waals surface area contributed by atoms with Crippen molar-refractivity contribution in [2.24, 2.45) is 0 Å². The third-order valence-electron chi connectivity index (χ3n) is 4.51. The molecule has 1 atom stereocenters. The lowest BCUT2D eigenvalue weighted by Gasteiger charge is -2.20. The van der Waals surface area contributed by atoms with Gasteiger partial charge in [-0.2, -0.15) is 10.4 Å². The van der Waals surface area contributed by atoms with Crippen molar-refractivity contribution in [3.63, 3.8) is 0 Å². The Kier molecular flexibility index (Phi) is 3.23. The molecule has 2 heterocycles. The van der Waals surface area contributed by atoms with Crippen LogP contribution < -0.4 is 4.72 Å². The van der Waals surface area contributed by atoms with Crippen molar-refractivity contribution in [2.45, 2.75) is 31.5 Å². The Labute approximate surface area is 135 Å². The first kappa shape index (κ1) is 14.4. The summed E-state index contributed by atoms with van der Waals surface area (Å²) in [7, 11) is 0. The first-order chi connectivity index (χ1) is 11.1. The quantitative estimate of drug-likeness (QED) is 0.648. The van der Waals surface area contributed by atoms with Crippen molar-refractivity contribution in [1.29, 1.82) is 5.26 Å². The van der Waals surface area contributed by atoms with E-state index in [1.54, 1.807) is 4.90 Å². The fourth-order valence-corrected chi connectivity index (χ4v) is 3.79. The topological polar surface area (TPSA) is 108 Å². The zero-order chi connectivity index (χ0) is 16.0.